The summed E-state index contributed by atoms with van der Waals surface area (Å²) in [5.74, 6) is 0.946. The zero-order valence-corrected chi connectivity index (χ0v) is 17.6. The SMILES string of the molecule is COc1nc2c(c(N3CCNC(CC#N)C3)n1)CCN(c1cncc3ccccc13)C2. The molecule has 158 valence electrons. The van der Waals surface area contributed by atoms with E-state index in [-0.39, 0.29) is 6.04 Å². The van der Waals surface area contributed by atoms with Crippen LogP contribution in [0.4, 0.5) is 11.5 Å². The number of hydrogen-bond donors (Lipinski definition) is 1. The fourth-order valence-corrected chi connectivity index (χ4v) is 4.56. The van der Waals surface area contributed by atoms with E-state index in [1.54, 1.807) is 7.11 Å². The molecule has 31 heavy (non-hydrogen) atoms. The van der Waals surface area contributed by atoms with Gasteiger partial charge in [-0.15, -0.1) is 0 Å². The predicted octanol–water partition coefficient (Wildman–Crippen LogP) is 2.29. The van der Waals surface area contributed by atoms with Gasteiger partial charge in [0.25, 0.3) is 0 Å². The van der Waals surface area contributed by atoms with E-state index in [0.29, 0.717) is 19.0 Å². The third-order valence-corrected chi connectivity index (χ3v) is 6.09. The highest BCUT2D eigenvalue weighted by Gasteiger charge is 2.28. The molecule has 1 N–H and O–H groups in total. The van der Waals surface area contributed by atoms with Gasteiger partial charge in [-0.2, -0.15) is 15.2 Å². The third kappa shape index (κ3) is 3.73. The molecule has 1 unspecified atom stereocenters. The number of ether oxygens (including phenoxy) is 1. The van der Waals surface area contributed by atoms with Gasteiger partial charge in [0.15, 0.2) is 0 Å². The summed E-state index contributed by atoms with van der Waals surface area (Å²) in [6.07, 6.45) is 5.19. The van der Waals surface area contributed by atoms with E-state index in [4.69, 9.17) is 20.0 Å². The smallest absolute Gasteiger partial charge is 0.318 e. The molecule has 8 nitrogen and oxygen atoms in total. The Morgan fingerprint density at radius 3 is 2.97 bits per heavy atom. The van der Waals surface area contributed by atoms with Gasteiger partial charge in [-0.25, -0.2) is 0 Å². The Kier molecular flexibility index (Phi) is 5.26. The van der Waals surface area contributed by atoms with E-state index in [1.807, 2.05) is 18.5 Å². The number of nitrogens with one attached hydrogen (secondary N) is 1. The standard InChI is InChI=1S/C23H25N7O/c1-31-23-27-20-15-29(21-13-25-12-16-4-2-3-5-18(16)21)10-7-19(20)22(28-23)30-11-9-26-17(14-30)6-8-24/h2-5,12-13,17,26H,6-7,9-11,14-15H2,1H3. The first-order valence-corrected chi connectivity index (χ1v) is 10.6. The lowest BCUT2D eigenvalue weighted by Gasteiger charge is -2.37. The van der Waals surface area contributed by atoms with E-state index in [1.165, 1.54) is 10.9 Å². The van der Waals surface area contributed by atoms with Crippen molar-refractivity contribution in [1.29, 1.82) is 5.26 Å². The second kappa shape index (κ2) is 8.36. The Balaban J connectivity index is 1.49. The number of aromatic nitrogens is 3. The first-order valence-electron chi connectivity index (χ1n) is 10.6. The predicted molar refractivity (Wildman–Crippen MR) is 119 cm³/mol. The summed E-state index contributed by atoms with van der Waals surface area (Å²) in [5, 5.41) is 14.9. The van der Waals surface area contributed by atoms with Gasteiger partial charge in [0.2, 0.25) is 0 Å². The van der Waals surface area contributed by atoms with Crippen LogP contribution in [0.2, 0.25) is 0 Å². The van der Waals surface area contributed by atoms with Gasteiger partial charge in [-0.1, -0.05) is 24.3 Å². The van der Waals surface area contributed by atoms with Crippen LogP contribution in [0, 0.1) is 11.3 Å². The zero-order chi connectivity index (χ0) is 21.2. The summed E-state index contributed by atoms with van der Waals surface area (Å²) in [4.78, 5) is 18.5. The molecule has 3 aromatic rings. The van der Waals surface area contributed by atoms with Crippen molar-refractivity contribution in [3.8, 4) is 12.1 Å². The van der Waals surface area contributed by atoms with Crippen LogP contribution >= 0.6 is 0 Å². The maximum atomic E-state index is 9.10. The van der Waals surface area contributed by atoms with Gasteiger partial charge in [-0.3, -0.25) is 4.98 Å². The number of piperazine rings is 1. The molecule has 5 rings (SSSR count). The van der Waals surface area contributed by atoms with Crippen molar-refractivity contribution in [2.45, 2.75) is 25.4 Å². The van der Waals surface area contributed by atoms with Crippen molar-refractivity contribution >= 4 is 22.3 Å². The van der Waals surface area contributed by atoms with Crippen molar-refractivity contribution in [2.75, 3.05) is 43.1 Å². The minimum absolute atomic E-state index is 0.150. The fraction of sp³-hybridized carbons (Fsp3) is 0.391. The molecule has 1 fully saturated rings. The Morgan fingerprint density at radius 1 is 1.19 bits per heavy atom. The second-order valence-electron chi connectivity index (χ2n) is 7.97. The molecular weight excluding hydrogens is 390 g/mol. The van der Waals surface area contributed by atoms with E-state index in [2.05, 4.69) is 44.4 Å². The lowest BCUT2D eigenvalue weighted by Crippen LogP contribution is -2.51. The van der Waals surface area contributed by atoms with E-state index in [9.17, 15) is 0 Å². The summed E-state index contributed by atoms with van der Waals surface area (Å²) in [6.45, 7) is 4.01. The Hall–Kier alpha value is -3.44. The zero-order valence-electron chi connectivity index (χ0n) is 17.6. The number of benzene rings is 1. The van der Waals surface area contributed by atoms with Crippen LogP contribution in [0.5, 0.6) is 6.01 Å². The van der Waals surface area contributed by atoms with Gasteiger partial charge >= 0.3 is 6.01 Å². The average molecular weight is 416 g/mol. The molecule has 0 amide bonds. The third-order valence-electron chi connectivity index (χ3n) is 6.09. The average Bonchev–Trinajstić information content (AvgIpc) is 2.83. The fourth-order valence-electron chi connectivity index (χ4n) is 4.56. The highest BCUT2D eigenvalue weighted by Crippen LogP contribution is 2.33. The van der Waals surface area contributed by atoms with Crippen LogP contribution in [0.25, 0.3) is 10.8 Å². The molecule has 0 aliphatic carbocycles. The Bertz CT molecular complexity index is 1140. The molecule has 1 aromatic carbocycles. The topological polar surface area (TPSA) is 90.2 Å². The molecule has 2 aliphatic rings. The number of fused-ring (bicyclic) bond motifs is 2. The van der Waals surface area contributed by atoms with Gasteiger partial charge in [0, 0.05) is 54.8 Å². The molecule has 4 heterocycles. The van der Waals surface area contributed by atoms with Crippen LogP contribution in [0.15, 0.2) is 36.7 Å². The number of pyridine rings is 1. The summed E-state index contributed by atoms with van der Waals surface area (Å²) in [7, 11) is 1.61. The Labute approximate surface area is 181 Å². The largest absolute Gasteiger partial charge is 0.467 e. The van der Waals surface area contributed by atoms with Crippen LogP contribution in [-0.2, 0) is 13.0 Å². The van der Waals surface area contributed by atoms with Gasteiger partial charge < -0.3 is 19.9 Å². The highest BCUT2D eigenvalue weighted by molar-refractivity contribution is 5.93. The van der Waals surface area contributed by atoms with Gasteiger partial charge in [-0.05, 0) is 6.42 Å². The first kappa shape index (κ1) is 19.5. The molecule has 8 heteroatoms. The van der Waals surface area contributed by atoms with Crippen LogP contribution in [-0.4, -0.2) is 54.3 Å². The molecule has 2 aromatic heterocycles. The van der Waals surface area contributed by atoms with Crippen LogP contribution < -0.4 is 19.9 Å². The molecule has 2 aliphatic heterocycles. The molecule has 1 saturated heterocycles. The monoisotopic (exact) mass is 415 g/mol. The summed E-state index contributed by atoms with van der Waals surface area (Å²) >= 11 is 0. The van der Waals surface area contributed by atoms with Crippen LogP contribution in [0.3, 0.4) is 0 Å². The number of nitrogens with zero attached hydrogens (tertiary/aromatic N) is 6. The number of rotatable bonds is 4. The minimum atomic E-state index is 0.150. The first-order chi connectivity index (χ1) is 15.3. The number of methoxy groups -OCH3 is 1. The lowest BCUT2D eigenvalue weighted by molar-refractivity contribution is 0.375. The lowest BCUT2D eigenvalue weighted by atomic mass is 10.0. The van der Waals surface area contributed by atoms with Crippen molar-refractivity contribution in [2.24, 2.45) is 0 Å². The quantitative estimate of drug-likeness (QED) is 0.694. The van der Waals surface area contributed by atoms with Crippen LogP contribution in [0.1, 0.15) is 17.7 Å². The normalized spacial score (nSPS) is 18.5. The van der Waals surface area contributed by atoms with E-state index in [0.717, 1.165) is 55.2 Å². The summed E-state index contributed by atoms with van der Waals surface area (Å²) in [6, 6.07) is 11.2. The number of hydrogen-bond acceptors (Lipinski definition) is 8. The van der Waals surface area contributed by atoms with E-state index >= 15 is 0 Å². The Morgan fingerprint density at radius 2 is 2.10 bits per heavy atom. The van der Waals surface area contributed by atoms with Crippen molar-refractivity contribution < 1.29 is 4.74 Å². The maximum Gasteiger partial charge on any atom is 0.318 e. The van der Waals surface area contributed by atoms with E-state index < -0.39 is 0 Å². The van der Waals surface area contributed by atoms with Gasteiger partial charge in [0.1, 0.15) is 5.82 Å². The number of anilines is 2. The molecule has 0 saturated carbocycles. The molecule has 0 bridgehead atoms. The van der Waals surface area contributed by atoms with Crippen molar-refractivity contribution in [1.82, 2.24) is 20.3 Å². The summed E-state index contributed by atoms with van der Waals surface area (Å²) < 4.78 is 5.45. The molecule has 0 radical (unpaired) electrons. The number of nitriles is 1. The molecule has 1 atom stereocenters. The van der Waals surface area contributed by atoms with Crippen molar-refractivity contribution in [3.05, 3.63) is 47.9 Å². The molecule has 0 spiro atoms. The summed E-state index contributed by atoms with van der Waals surface area (Å²) in [5.41, 5.74) is 3.30. The highest BCUT2D eigenvalue weighted by atomic mass is 16.5. The van der Waals surface area contributed by atoms with Gasteiger partial charge in [0.05, 0.1) is 43.7 Å². The maximum absolute atomic E-state index is 9.10. The molecular formula is C23H25N7O. The van der Waals surface area contributed by atoms with Crippen molar-refractivity contribution in [3.63, 3.8) is 0 Å². The second-order valence-corrected chi connectivity index (χ2v) is 7.97. The minimum Gasteiger partial charge on any atom is -0.467 e.